The molecule has 31 heavy (non-hydrogen) atoms. The van der Waals surface area contributed by atoms with Crippen molar-refractivity contribution in [2.75, 3.05) is 26.8 Å². The molecular formula is C23H35N3O5. The number of hydrogen-bond donors (Lipinski definition) is 1. The van der Waals surface area contributed by atoms with Gasteiger partial charge in [0.25, 0.3) is 0 Å². The summed E-state index contributed by atoms with van der Waals surface area (Å²) >= 11 is 0. The van der Waals surface area contributed by atoms with E-state index in [9.17, 15) is 14.4 Å². The molecular weight excluding hydrogens is 398 g/mol. The molecule has 1 saturated carbocycles. The maximum Gasteiger partial charge on any atom is 0.354 e. The van der Waals surface area contributed by atoms with Crippen molar-refractivity contribution < 1.29 is 23.9 Å². The van der Waals surface area contributed by atoms with E-state index in [2.05, 4.69) is 5.32 Å². The number of aromatic nitrogens is 1. The van der Waals surface area contributed by atoms with E-state index < -0.39 is 5.97 Å². The van der Waals surface area contributed by atoms with Gasteiger partial charge in [-0.05, 0) is 45.1 Å². The summed E-state index contributed by atoms with van der Waals surface area (Å²) in [6, 6.07) is -0.0512. The van der Waals surface area contributed by atoms with Crippen molar-refractivity contribution in [2.45, 2.75) is 70.9 Å². The molecule has 2 amide bonds. The van der Waals surface area contributed by atoms with Gasteiger partial charge in [-0.3, -0.25) is 4.79 Å². The lowest BCUT2D eigenvalue weighted by Gasteiger charge is -2.29. The summed E-state index contributed by atoms with van der Waals surface area (Å²) in [5, 5.41) is 3.12. The molecule has 0 unspecified atom stereocenters. The molecule has 2 heterocycles. The molecule has 8 heteroatoms. The maximum absolute atomic E-state index is 13.3. The molecule has 1 atom stereocenters. The zero-order valence-electron chi connectivity index (χ0n) is 19.2. The van der Waals surface area contributed by atoms with E-state index in [1.165, 1.54) is 13.5 Å². The van der Waals surface area contributed by atoms with Crippen LogP contribution in [-0.4, -0.2) is 66.2 Å². The number of methoxy groups -OCH3 is 1. The van der Waals surface area contributed by atoms with Gasteiger partial charge in [-0.2, -0.15) is 0 Å². The first-order valence-electron chi connectivity index (χ1n) is 11.3. The van der Waals surface area contributed by atoms with Crippen LogP contribution < -0.4 is 5.32 Å². The van der Waals surface area contributed by atoms with Crippen LogP contribution in [0.15, 0.2) is 0 Å². The zero-order valence-corrected chi connectivity index (χ0v) is 19.2. The van der Waals surface area contributed by atoms with Gasteiger partial charge < -0.3 is 24.3 Å². The number of nitrogens with one attached hydrogen (secondary N) is 1. The van der Waals surface area contributed by atoms with Crippen molar-refractivity contribution >= 4 is 17.8 Å². The molecule has 1 aromatic rings. The second-order valence-corrected chi connectivity index (χ2v) is 8.71. The molecule has 0 spiro atoms. The summed E-state index contributed by atoms with van der Waals surface area (Å²) in [5.74, 6) is -0.661. The lowest BCUT2D eigenvalue weighted by Crippen LogP contribution is -2.49. The summed E-state index contributed by atoms with van der Waals surface area (Å²) in [4.78, 5) is 40.2. The van der Waals surface area contributed by atoms with Crippen molar-refractivity contribution in [3.8, 4) is 0 Å². The molecule has 172 valence electrons. The number of urea groups is 1. The number of hydrogen-bond acceptors (Lipinski definition) is 5. The molecule has 2 fully saturated rings. The number of amides is 2. The van der Waals surface area contributed by atoms with Crippen LogP contribution in [0, 0.1) is 13.8 Å². The monoisotopic (exact) mass is 433 g/mol. The Balaban J connectivity index is 1.79. The van der Waals surface area contributed by atoms with Crippen LogP contribution in [0.25, 0.3) is 0 Å². The Labute approximate surface area is 184 Å². The summed E-state index contributed by atoms with van der Waals surface area (Å²) in [7, 11) is 3.07. The molecule has 3 rings (SSSR count). The third-order valence-corrected chi connectivity index (χ3v) is 6.59. The first kappa shape index (κ1) is 23.3. The topological polar surface area (TPSA) is 89.9 Å². The molecule has 2 aliphatic rings. The Kier molecular flexibility index (Phi) is 7.75. The average molecular weight is 434 g/mol. The van der Waals surface area contributed by atoms with E-state index in [-0.39, 0.29) is 30.5 Å². The Morgan fingerprint density at radius 1 is 1.13 bits per heavy atom. The predicted octanol–water partition coefficient (Wildman–Crippen LogP) is 3.13. The molecule has 8 nitrogen and oxygen atoms in total. The molecule has 1 N–H and O–H groups in total. The highest BCUT2D eigenvalue weighted by atomic mass is 16.5. The third-order valence-electron chi connectivity index (χ3n) is 6.59. The Bertz CT molecular complexity index is 820. The predicted molar refractivity (Wildman–Crippen MR) is 117 cm³/mol. The van der Waals surface area contributed by atoms with Gasteiger partial charge in [0.2, 0.25) is 0 Å². The number of rotatable bonds is 7. The second-order valence-electron chi connectivity index (χ2n) is 8.71. The second kappa shape index (κ2) is 10.3. The number of nitrogens with zero attached hydrogens (tertiary/aromatic N) is 2. The lowest BCUT2D eigenvalue weighted by atomic mass is 9.96. The number of esters is 1. The molecule has 1 aliphatic heterocycles. The van der Waals surface area contributed by atoms with Crippen LogP contribution in [0.3, 0.4) is 0 Å². The third kappa shape index (κ3) is 5.29. The smallest absolute Gasteiger partial charge is 0.354 e. The minimum Gasteiger partial charge on any atom is -0.464 e. The molecule has 0 aromatic carbocycles. The van der Waals surface area contributed by atoms with Gasteiger partial charge in [0.05, 0.1) is 19.8 Å². The minimum atomic E-state index is -0.478. The molecule has 1 aromatic heterocycles. The highest BCUT2D eigenvalue weighted by Crippen LogP contribution is 2.24. The van der Waals surface area contributed by atoms with E-state index in [4.69, 9.17) is 9.47 Å². The highest BCUT2D eigenvalue weighted by molar-refractivity contribution is 6.04. The number of ether oxygens (including phenoxy) is 2. The van der Waals surface area contributed by atoms with Gasteiger partial charge in [0.15, 0.2) is 5.78 Å². The normalized spacial score (nSPS) is 19.3. The summed E-state index contributed by atoms with van der Waals surface area (Å²) in [5.41, 5.74) is 2.11. The van der Waals surface area contributed by atoms with Gasteiger partial charge in [-0.25, -0.2) is 9.59 Å². The fourth-order valence-electron chi connectivity index (χ4n) is 4.79. The van der Waals surface area contributed by atoms with Crippen LogP contribution >= 0.6 is 0 Å². The van der Waals surface area contributed by atoms with Gasteiger partial charge in [-0.1, -0.05) is 19.3 Å². The zero-order chi connectivity index (χ0) is 22.5. The fraction of sp³-hybridized carbons (Fsp3) is 0.696. The van der Waals surface area contributed by atoms with E-state index >= 15 is 0 Å². The summed E-state index contributed by atoms with van der Waals surface area (Å²) in [6.07, 6.45) is 7.21. The molecule has 1 aliphatic carbocycles. The standard InChI is InChI=1S/C23H35N3O5/c1-15-20(16(2)25(3)21(15)22(28)30-4)19(27)14-26(13-18-11-8-12-31-18)23(29)24-17-9-6-5-7-10-17/h17-18H,5-14H2,1-4H3,(H,24,29)/t18-/m0/s1. The van der Waals surface area contributed by atoms with Gasteiger partial charge >= 0.3 is 12.0 Å². The number of Topliss-reactive ketones (excluding diaryl/α,β-unsaturated/α-hetero) is 1. The molecule has 1 saturated heterocycles. The quantitative estimate of drug-likeness (QED) is 0.527. The maximum atomic E-state index is 13.3. The van der Waals surface area contributed by atoms with Gasteiger partial charge in [-0.15, -0.1) is 0 Å². The van der Waals surface area contributed by atoms with Crippen LogP contribution in [0.2, 0.25) is 0 Å². The molecule has 0 radical (unpaired) electrons. The largest absolute Gasteiger partial charge is 0.464 e. The van der Waals surface area contributed by atoms with E-state index in [0.717, 1.165) is 38.5 Å². The fourth-order valence-corrected chi connectivity index (χ4v) is 4.79. The number of ketones is 1. The number of carbonyl (C=O) groups excluding carboxylic acids is 3. The summed E-state index contributed by atoms with van der Waals surface area (Å²) < 4.78 is 12.3. The van der Waals surface area contributed by atoms with E-state index in [1.807, 2.05) is 0 Å². The van der Waals surface area contributed by atoms with Crippen LogP contribution in [0.1, 0.15) is 77.0 Å². The molecule has 0 bridgehead atoms. The minimum absolute atomic E-state index is 0.0477. The Morgan fingerprint density at radius 3 is 2.45 bits per heavy atom. The highest BCUT2D eigenvalue weighted by Gasteiger charge is 2.30. The first-order valence-corrected chi connectivity index (χ1v) is 11.3. The Morgan fingerprint density at radius 2 is 1.84 bits per heavy atom. The van der Waals surface area contributed by atoms with Gasteiger partial charge in [0, 0.05) is 37.5 Å². The van der Waals surface area contributed by atoms with Crippen molar-refractivity contribution in [1.29, 1.82) is 0 Å². The SMILES string of the molecule is COC(=O)c1c(C)c(C(=O)CN(C[C@@H]2CCCO2)C(=O)NC2CCCCC2)c(C)n1C. The average Bonchev–Trinajstić information content (AvgIpc) is 3.34. The summed E-state index contributed by atoms with van der Waals surface area (Å²) in [6.45, 7) is 4.58. The number of carbonyl (C=O) groups is 3. The van der Waals surface area contributed by atoms with Crippen LogP contribution in [-0.2, 0) is 16.5 Å². The van der Waals surface area contributed by atoms with Crippen LogP contribution in [0.4, 0.5) is 4.79 Å². The lowest BCUT2D eigenvalue weighted by molar-refractivity contribution is 0.0588. The van der Waals surface area contributed by atoms with Crippen molar-refractivity contribution in [3.05, 3.63) is 22.5 Å². The van der Waals surface area contributed by atoms with Gasteiger partial charge in [0.1, 0.15) is 5.69 Å². The van der Waals surface area contributed by atoms with E-state index in [1.54, 1.807) is 30.4 Å². The van der Waals surface area contributed by atoms with E-state index in [0.29, 0.717) is 35.7 Å². The first-order chi connectivity index (χ1) is 14.8. The van der Waals surface area contributed by atoms with Crippen molar-refractivity contribution in [1.82, 2.24) is 14.8 Å². The van der Waals surface area contributed by atoms with Crippen molar-refractivity contribution in [2.24, 2.45) is 7.05 Å². The Hall–Kier alpha value is -2.35. The van der Waals surface area contributed by atoms with Crippen LogP contribution in [0.5, 0.6) is 0 Å². The van der Waals surface area contributed by atoms with Crippen molar-refractivity contribution in [3.63, 3.8) is 0 Å².